The maximum Gasteiger partial charge on any atom is 0.325 e. The molecule has 9 nitrogen and oxygen atoms in total. The fourth-order valence-electron chi connectivity index (χ4n) is 4.28. The third-order valence-electron chi connectivity index (χ3n) is 6.18. The number of carbonyl (C=O) groups is 2. The second-order valence-corrected chi connectivity index (χ2v) is 8.74. The number of anilines is 3. The molecule has 0 aliphatic heterocycles. The molecule has 2 heterocycles. The van der Waals surface area contributed by atoms with Gasteiger partial charge in [0.1, 0.15) is 5.82 Å². The van der Waals surface area contributed by atoms with Crippen LogP contribution >= 0.6 is 0 Å². The monoisotopic (exact) mass is 500 g/mol. The number of fused-ring (bicyclic) bond motifs is 1. The molecule has 0 aliphatic carbocycles. The van der Waals surface area contributed by atoms with Gasteiger partial charge in [0.15, 0.2) is 0 Å². The van der Waals surface area contributed by atoms with Crippen molar-refractivity contribution in [1.29, 1.82) is 0 Å². The zero-order valence-electron chi connectivity index (χ0n) is 21.3. The zero-order chi connectivity index (χ0) is 26.4. The van der Waals surface area contributed by atoms with Gasteiger partial charge >= 0.3 is 6.03 Å². The number of hydrogen-bond acceptors (Lipinski definition) is 6. The molecule has 0 atom stereocenters. The van der Waals surface area contributed by atoms with Crippen molar-refractivity contribution < 1.29 is 14.7 Å². The highest BCUT2D eigenvalue weighted by Gasteiger charge is 2.14. The van der Waals surface area contributed by atoms with E-state index in [0.717, 1.165) is 27.8 Å². The third kappa shape index (κ3) is 5.96. The van der Waals surface area contributed by atoms with Crippen LogP contribution in [0.1, 0.15) is 22.8 Å². The van der Waals surface area contributed by atoms with Crippen LogP contribution in [0.3, 0.4) is 0 Å². The van der Waals surface area contributed by atoms with Gasteiger partial charge in [0.25, 0.3) is 5.91 Å². The van der Waals surface area contributed by atoms with E-state index in [1.807, 2.05) is 60.5 Å². The van der Waals surface area contributed by atoms with Crippen LogP contribution in [-0.2, 0) is 6.54 Å². The fraction of sp³-hybridized carbons (Fsp3) is 0.250. The van der Waals surface area contributed by atoms with Gasteiger partial charge < -0.3 is 20.6 Å². The second kappa shape index (κ2) is 11.7. The summed E-state index contributed by atoms with van der Waals surface area (Å²) in [6.45, 7) is 4.15. The highest BCUT2D eigenvalue weighted by molar-refractivity contribution is 6.04. The number of carbonyl (C=O) groups excluding carboxylic acids is 2. The molecule has 0 bridgehead atoms. The molecule has 0 saturated heterocycles. The number of aliphatic hydroxyl groups excluding tert-OH is 1. The first-order chi connectivity index (χ1) is 17.9. The van der Waals surface area contributed by atoms with Crippen molar-refractivity contribution in [3.63, 3.8) is 0 Å². The average Bonchev–Trinajstić information content (AvgIpc) is 3.33. The Morgan fingerprint density at radius 1 is 1.03 bits per heavy atom. The highest BCUT2D eigenvalue weighted by Crippen LogP contribution is 2.30. The SMILES string of the molecule is CCN(c1ccnc(NC(=O)c2ccc(CN(C)CCO)cc2)c1)c1ccc2c(ccn2C(=O)NC)c1. The predicted octanol–water partition coefficient (Wildman–Crippen LogP) is 4.06. The fourth-order valence-corrected chi connectivity index (χ4v) is 4.28. The minimum Gasteiger partial charge on any atom is -0.395 e. The molecule has 0 spiro atoms. The zero-order valence-corrected chi connectivity index (χ0v) is 21.3. The Labute approximate surface area is 216 Å². The molecule has 2 amide bonds. The Morgan fingerprint density at radius 3 is 2.49 bits per heavy atom. The summed E-state index contributed by atoms with van der Waals surface area (Å²) in [5, 5.41) is 15.5. The van der Waals surface area contributed by atoms with Crippen LogP contribution in [0, 0.1) is 0 Å². The highest BCUT2D eigenvalue weighted by atomic mass is 16.3. The van der Waals surface area contributed by atoms with E-state index in [2.05, 4.69) is 27.4 Å². The Balaban J connectivity index is 1.49. The number of aromatic nitrogens is 2. The van der Waals surface area contributed by atoms with E-state index in [-0.39, 0.29) is 18.5 Å². The Hall–Kier alpha value is -4.21. The predicted molar refractivity (Wildman–Crippen MR) is 147 cm³/mol. The Bertz CT molecular complexity index is 1380. The number of pyridine rings is 1. The largest absolute Gasteiger partial charge is 0.395 e. The molecule has 4 aromatic rings. The number of aliphatic hydroxyl groups is 1. The molecule has 0 radical (unpaired) electrons. The summed E-state index contributed by atoms with van der Waals surface area (Å²) in [7, 11) is 3.55. The normalized spacial score (nSPS) is 11.1. The lowest BCUT2D eigenvalue weighted by atomic mass is 10.1. The van der Waals surface area contributed by atoms with Gasteiger partial charge in [-0.25, -0.2) is 9.78 Å². The van der Waals surface area contributed by atoms with Crippen molar-refractivity contribution in [1.82, 2.24) is 19.8 Å². The third-order valence-corrected chi connectivity index (χ3v) is 6.18. The van der Waals surface area contributed by atoms with Crippen LogP contribution < -0.4 is 15.5 Å². The molecule has 3 N–H and O–H groups in total. The molecule has 2 aromatic carbocycles. The van der Waals surface area contributed by atoms with Gasteiger partial charge in [-0.15, -0.1) is 0 Å². The van der Waals surface area contributed by atoms with Gasteiger partial charge in [-0.3, -0.25) is 14.3 Å². The van der Waals surface area contributed by atoms with E-state index in [9.17, 15) is 9.59 Å². The van der Waals surface area contributed by atoms with Crippen LogP contribution in [0.25, 0.3) is 10.9 Å². The summed E-state index contributed by atoms with van der Waals surface area (Å²) < 4.78 is 1.58. The standard InChI is InChI=1S/C28H32N6O3/c1-4-33(23-9-10-25-22(17-23)12-14-34(25)28(37)29-2)24-11-13-30-26(18-24)31-27(36)21-7-5-20(6-8-21)19-32(3)15-16-35/h5-14,17-18,35H,4,15-16,19H2,1-3H3,(H,29,37)(H,30,31,36). The average molecular weight is 501 g/mol. The lowest BCUT2D eigenvalue weighted by Gasteiger charge is -2.24. The van der Waals surface area contributed by atoms with E-state index in [0.29, 0.717) is 31.0 Å². The number of nitrogens with zero attached hydrogens (tertiary/aromatic N) is 4. The molecule has 0 aliphatic rings. The van der Waals surface area contributed by atoms with Crippen LogP contribution in [-0.4, -0.2) is 65.3 Å². The van der Waals surface area contributed by atoms with Crippen LogP contribution in [0.4, 0.5) is 22.0 Å². The van der Waals surface area contributed by atoms with Gasteiger partial charge in [-0.05, 0) is 62.0 Å². The van der Waals surface area contributed by atoms with Gasteiger partial charge in [0.05, 0.1) is 12.1 Å². The van der Waals surface area contributed by atoms with Gasteiger partial charge in [-0.2, -0.15) is 0 Å². The lowest BCUT2D eigenvalue weighted by Crippen LogP contribution is -2.23. The van der Waals surface area contributed by atoms with Gasteiger partial charge in [0.2, 0.25) is 0 Å². The Morgan fingerprint density at radius 2 is 1.78 bits per heavy atom. The second-order valence-electron chi connectivity index (χ2n) is 8.74. The molecule has 9 heteroatoms. The first kappa shape index (κ1) is 25.9. The molecular formula is C28H32N6O3. The summed E-state index contributed by atoms with van der Waals surface area (Å²) in [4.78, 5) is 33.4. The number of hydrogen-bond donors (Lipinski definition) is 3. The van der Waals surface area contributed by atoms with Crippen molar-refractivity contribution in [2.24, 2.45) is 0 Å². The lowest BCUT2D eigenvalue weighted by molar-refractivity contribution is 0.102. The van der Waals surface area contributed by atoms with Crippen LogP contribution in [0.5, 0.6) is 0 Å². The summed E-state index contributed by atoms with van der Waals surface area (Å²) in [5.41, 5.74) is 4.29. The van der Waals surface area contributed by atoms with Crippen molar-refractivity contribution in [3.05, 3.63) is 84.2 Å². The molecule has 0 saturated carbocycles. The summed E-state index contributed by atoms with van der Waals surface area (Å²) in [5.74, 6) is 0.222. The smallest absolute Gasteiger partial charge is 0.325 e. The first-order valence-corrected chi connectivity index (χ1v) is 12.2. The number of likely N-dealkylation sites (N-methyl/N-ethyl adjacent to an activating group) is 1. The number of nitrogens with one attached hydrogen (secondary N) is 2. The van der Waals surface area contributed by atoms with E-state index >= 15 is 0 Å². The molecule has 4 rings (SSSR count). The maximum absolute atomic E-state index is 12.9. The summed E-state index contributed by atoms with van der Waals surface area (Å²) in [6, 6.07) is 18.8. The van der Waals surface area contributed by atoms with E-state index in [1.165, 1.54) is 0 Å². The van der Waals surface area contributed by atoms with Gasteiger partial charge in [0, 0.05) is 67.5 Å². The summed E-state index contributed by atoms with van der Waals surface area (Å²) in [6.07, 6.45) is 3.43. The van der Waals surface area contributed by atoms with Crippen molar-refractivity contribution in [2.75, 3.05) is 44.0 Å². The Kier molecular flexibility index (Phi) is 8.17. The minimum absolute atomic E-state index is 0.109. The number of amides is 2. The summed E-state index contributed by atoms with van der Waals surface area (Å²) >= 11 is 0. The van der Waals surface area contributed by atoms with E-state index < -0.39 is 0 Å². The van der Waals surface area contributed by atoms with E-state index in [1.54, 1.807) is 36.1 Å². The number of benzene rings is 2. The van der Waals surface area contributed by atoms with Gasteiger partial charge in [-0.1, -0.05) is 12.1 Å². The minimum atomic E-state index is -0.236. The number of rotatable bonds is 9. The topological polar surface area (TPSA) is 103 Å². The van der Waals surface area contributed by atoms with Crippen LogP contribution in [0.2, 0.25) is 0 Å². The quantitative estimate of drug-likeness (QED) is 0.320. The van der Waals surface area contributed by atoms with Crippen molar-refractivity contribution in [3.8, 4) is 0 Å². The molecular weight excluding hydrogens is 468 g/mol. The molecule has 0 fully saturated rings. The molecule has 37 heavy (non-hydrogen) atoms. The van der Waals surface area contributed by atoms with Crippen molar-refractivity contribution in [2.45, 2.75) is 13.5 Å². The molecule has 192 valence electrons. The first-order valence-electron chi connectivity index (χ1n) is 12.2. The van der Waals surface area contributed by atoms with E-state index in [4.69, 9.17) is 5.11 Å². The van der Waals surface area contributed by atoms with Crippen LogP contribution in [0.15, 0.2) is 73.1 Å². The molecule has 0 unspecified atom stereocenters. The maximum atomic E-state index is 12.9. The van der Waals surface area contributed by atoms with Crippen molar-refractivity contribution >= 4 is 40.0 Å². The molecule has 2 aromatic heterocycles.